The molecule has 5 nitrogen and oxygen atoms in total. The Labute approximate surface area is 121 Å². The summed E-state index contributed by atoms with van der Waals surface area (Å²) in [7, 11) is 3.10. The number of hydrogen-bond acceptors (Lipinski definition) is 6. The van der Waals surface area contributed by atoms with Crippen LogP contribution in [0, 0.1) is 6.92 Å². The zero-order valence-corrected chi connectivity index (χ0v) is 12.5. The molecular weight excluding hydrogens is 278 g/mol. The monoisotopic (exact) mass is 295 g/mol. The minimum absolute atomic E-state index is 0.0850. The number of aryl methyl sites for hydroxylation is 1. The maximum absolute atomic E-state index is 9.22. The van der Waals surface area contributed by atoms with Crippen LogP contribution in [0.1, 0.15) is 16.3 Å². The summed E-state index contributed by atoms with van der Waals surface area (Å²) in [4.78, 5) is 4.34. The molecule has 0 bridgehead atoms. The second-order valence-corrected chi connectivity index (χ2v) is 5.20. The molecule has 108 valence electrons. The number of hydrogen-bond donors (Lipinski definition) is 1. The number of thiazole rings is 1. The summed E-state index contributed by atoms with van der Waals surface area (Å²) in [6, 6.07) is 3.45. The Hall–Kier alpha value is -1.79. The van der Waals surface area contributed by atoms with Crippen LogP contribution in [0.3, 0.4) is 0 Å². The Morgan fingerprint density at radius 1 is 1.20 bits per heavy atom. The molecule has 0 spiro atoms. The van der Waals surface area contributed by atoms with Crippen LogP contribution in [-0.2, 0) is 13.2 Å². The van der Waals surface area contributed by atoms with Gasteiger partial charge in [0.05, 0.1) is 31.5 Å². The Morgan fingerprint density at radius 3 is 2.30 bits per heavy atom. The Kier molecular flexibility index (Phi) is 4.81. The van der Waals surface area contributed by atoms with Crippen LogP contribution in [-0.4, -0.2) is 24.3 Å². The molecule has 0 aliphatic heterocycles. The third-order valence-corrected chi connectivity index (χ3v) is 3.56. The van der Waals surface area contributed by atoms with Crippen molar-refractivity contribution in [1.29, 1.82) is 0 Å². The van der Waals surface area contributed by atoms with Gasteiger partial charge in [0.2, 0.25) is 5.75 Å². The summed E-state index contributed by atoms with van der Waals surface area (Å²) in [6.07, 6.45) is 0. The van der Waals surface area contributed by atoms with Gasteiger partial charge in [-0.2, -0.15) is 0 Å². The highest BCUT2D eigenvalue weighted by molar-refractivity contribution is 7.09. The average molecular weight is 295 g/mol. The molecule has 0 saturated carbocycles. The maximum atomic E-state index is 9.22. The van der Waals surface area contributed by atoms with E-state index in [9.17, 15) is 5.11 Å². The number of aromatic nitrogens is 1. The number of aliphatic hydroxyl groups is 1. The second kappa shape index (κ2) is 6.58. The van der Waals surface area contributed by atoms with E-state index in [4.69, 9.17) is 14.2 Å². The zero-order chi connectivity index (χ0) is 14.5. The molecule has 0 amide bonds. The lowest BCUT2D eigenvalue weighted by molar-refractivity contribution is 0.258. The Morgan fingerprint density at radius 2 is 1.85 bits per heavy atom. The molecule has 1 aromatic heterocycles. The van der Waals surface area contributed by atoms with Gasteiger partial charge >= 0.3 is 0 Å². The first kappa shape index (κ1) is 14.6. The quantitative estimate of drug-likeness (QED) is 0.887. The van der Waals surface area contributed by atoms with Gasteiger partial charge in [-0.3, -0.25) is 0 Å². The topological polar surface area (TPSA) is 60.8 Å². The molecule has 1 N–H and O–H groups in total. The molecule has 1 heterocycles. The van der Waals surface area contributed by atoms with Crippen molar-refractivity contribution in [3.63, 3.8) is 0 Å². The van der Waals surface area contributed by atoms with Crippen molar-refractivity contribution in [3.8, 4) is 17.2 Å². The summed E-state index contributed by atoms with van der Waals surface area (Å²) in [5.41, 5.74) is 1.57. The average Bonchev–Trinajstić information content (AvgIpc) is 2.89. The lowest BCUT2D eigenvalue weighted by Gasteiger charge is -2.15. The van der Waals surface area contributed by atoms with Crippen molar-refractivity contribution in [1.82, 2.24) is 4.98 Å². The van der Waals surface area contributed by atoms with Crippen molar-refractivity contribution >= 4 is 11.3 Å². The van der Waals surface area contributed by atoms with E-state index >= 15 is 0 Å². The fourth-order valence-corrected chi connectivity index (χ4v) is 2.39. The number of nitrogens with zero attached hydrogens (tertiary/aromatic N) is 1. The molecule has 2 rings (SSSR count). The summed E-state index contributed by atoms with van der Waals surface area (Å²) < 4.78 is 16.3. The zero-order valence-electron chi connectivity index (χ0n) is 11.7. The first-order chi connectivity index (χ1) is 9.67. The lowest BCUT2D eigenvalue weighted by atomic mass is 10.2. The van der Waals surface area contributed by atoms with Crippen LogP contribution in [0.4, 0.5) is 0 Å². The predicted octanol–water partition coefficient (Wildman–Crippen LogP) is 2.54. The highest BCUT2D eigenvalue weighted by Gasteiger charge is 2.14. The fraction of sp³-hybridized carbons (Fsp3) is 0.357. The van der Waals surface area contributed by atoms with Crippen molar-refractivity contribution in [2.24, 2.45) is 0 Å². The highest BCUT2D eigenvalue weighted by Crippen LogP contribution is 2.39. The van der Waals surface area contributed by atoms with Gasteiger partial charge in [-0.25, -0.2) is 4.98 Å². The van der Waals surface area contributed by atoms with Crippen LogP contribution in [0.25, 0.3) is 0 Å². The van der Waals surface area contributed by atoms with Crippen LogP contribution in [0.2, 0.25) is 0 Å². The Bertz CT molecular complexity index is 557. The van der Waals surface area contributed by atoms with Crippen molar-refractivity contribution in [2.45, 2.75) is 20.1 Å². The first-order valence-electron chi connectivity index (χ1n) is 6.07. The van der Waals surface area contributed by atoms with E-state index in [-0.39, 0.29) is 6.61 Å². The molecular formula is C14H17NO4S. The summed E-state index contributed by atoms with van der Waals surface area (Å²) in [5, 5.41) is 12.2. The van der Waals surface area contributed by atoms with E-state index in [0.717, 1.165) is 10.7 Å². The van der Waals surface area contributed by atoms with Gasteiger partial charge in [-0.15, -0.1) is 11.3 Å². The van der Waals surface area contributed by atoms with Crippen LogP contribution in [0.15, 0.2) is 17.5 Å². The van der Waals surface area contributed by atoms with E-state index in [1.807, 2.05) is 12.3 Å². The standard InChI is InChI=1S/C14H17NO4S/c1-9-15-11(8-20-9)7-19-14-12(17-2)4-10(6-16)5-13(14)18-3/h4-5,8,16H,6-7H2,1-3H3. The largest absolute Gasteiger partial charge is 0.493 e. The minimum atomic E-state index is -0.0850. The number of rotatable bonds is 6. The van der Waals surface area contributed by atoms with Gasteiger partial charge in [-0.05, 0) is 24.6 Å². The number of methoxy groups -OCH3 is 2. The molecule has 6 heteroatoms. The van der Waals surface area contributed by atoms with E-state index in [1.54, 1.807) is 37.7 Å². The minimum Gasteiger partial charge on any atom is -0.493 e. The molecule has 0 saturated heterocycles. The van der Waals surface area contributed by atoms with Crippen LogP contribution in [0.5, 0.6) is 17.2 Å². The highest BCUT2D eigenvalue weighted by atomic mass is 32.1. The predicted molar refractivity (Wildman–Crippen MR) is 76.7 cm³/mol. The maximum Gasteiger partial charge on any atom is 0.203 e. The summed E-state index contributed by atoms with van der Waals surface area (Å²) >= 11 is 1.58. The molecule has 2 aromatic rings. The molecule has 1 aromatic carbocycles. The van der Waals surface area contributed by atoms with E-state index in [0.29, 0.717) is 29.4 Å². The fourth-order valence-electron chi connectivity index (χ4n) is 1.79. The molecule has 0 unspecified atom stereocenters. The number of ether oxygens (including phenoxy) is 3. The summed E-state index contributed by atoms with van der Waals surface area (Å²) in [5.74, 6) is 1.57. The Balaban J connectivity index is 2.24. The molecule has 0 aliphatic carbocycles. The molecule has 20 heavy (non-hydrogen) atoms. The number of benzene rings is 1. The van der Waals surface area contributed by atoms with Gasteiger partial charge in [0, 0.05) is 5.38 Å². The van der Waals surface area contributed by atoms with Gasteiger partial charge in [-0.1, -0.05) is 0 Å². The van der Waals surface area contributed by atoms with Gasteiger partial charge in [0.15, 0.2) is 11.5 Å². The van der Waals surface area contributed by atoms with Crippen LogP contribution >= 0.6 is 11.3 Å². The summed E-state index contributed by atoms with van der Waals surface area (Å²) in [6.45, 7) is 2.21. The smallest absolute Gasteiger partial charge is 0.203 e. The molecule has 0 aliphatic rings. The molecule has 0 fully saturated rings. The SMILES string of the molecule is COc1cc(CO)cc(OC)c1OCc1csc(C)n1. The number of aliphatic hydroxyl groups excluding tert-OH is 1. The third-order valence-electron chi connectivity index (χ3n) is 2.73. The van der Waals surface area contributed by atoms with Crippen molar-refractivity contribution < 1.29 is 19.3 Å². The van der Waals surface area contributed by atoms with Gasteiger partial charge in [0.25, 0.3) is 0 Å². The lowest BCUT2D eigenvalue weighted by Crippen LogP contribution is -2.01. The molecule has 0 atom stereocenters. The van der Waals surface area contributed by atoms with E-state index in [2.05, 4.69) is 4.98 Å². The van der Waals surface area contributed by atoms with Gasteiger partial charge < -0.3 is 19.3 Å². The van der Waals surface area contributed by atoms with E-state index < -0.39 is 0 Å². The first-order valence-corrected chi connectivity index (χ1v) is 6.95. The normalized spacial score (nSPS) is 10.4. The van der Waals surface area contributed by atoms with Crippen molar-refractivity contribution in [3.05, 3.63) is 33.8 Å². The van der Waals surface area contributed by atoms with Gasteiger partial charge in [0.1, 0.15) is 6.61 Å². The third kappa shape index (κ3) is 3.20. The van der Waals surface area contributed by atoms with Crippen LogP contribution < -0.4 is 14.2 Å². The molecule has 0 radical (unpaired) electrons. The van der Waals surface area contributed by atoms with E-state index in [1.165, 1.54) is 0 Å². The van der Waals surface area contributed by atoms with Crippen molar-refractivity contribution in [2.75, 3.05) is 14.2 Å². The second-order valence-electron chi connectivity index (χ2n) is 4.13.